The zero-order chi connectivity index (χ0) is 21.0. The Morgan fingerprint density at radius 1 is 1.17 bits per heavy atom. The number of thiazole rings is 1. The summed E-state index contributed by atoms with van der Waals surface area (Å²) in [5.74, 6) is -0.580. The Balaban J connectivity index is 1.51. The lowest BCUT2D eigenvalue weighted by atomic mass is 10.2. The number of carbonyl (C=O) groups excluding carboxylic acids is 3. The molecule has 10 heteroatoms. The molecule has 0 unspecified atom stereocenters. The Kier molecular flexibility index (Phi) is 6.71. The maximum absolute atomic E-state index is 12.3. The molecule has 1 aromatic heterocycles. The van der Waals surface area contributed by atoms with Crippen LogP contribution in [0.5, 0.6) is 0 Å². The molecule has 2 aromatic rings. The van der Waals surface area contributed by atoms with Crippen LogP contribution in [-0.4, -0.2) is 65.2 Å². The molecule has 1 saturated heterocycles. The fourth-order valence-corrected chi connectivity index (χ4v) is 3.78. The van der Waals surface area contributed by atoms with Gasteiger partial charge < -0.3 is 20.4 Å². The number of aryl methyl sites for hydroxylation is 1. The second-order valence-corrected chi connectivity index (χ2v) is 7.99. The molecule has 1 aromatic carbocycles. The van der Waals surface area contributed by atoms with E-state index in [4.69, 9.17) is 11.6 Å². The summed E-state index contributed by atoms with van der Waals surface area (Å²) in [6.07, 6.45) is 0. The fourth-order valence-electron chi connectivity index (χ4n) is 2.91. The predicted molar refractivity (Wildman–Crippen MR) is 113 cm³/mol. The Labute approximate surface area is 177 Å². The molecule has 3 rings (SSSR count). The quantitative estimate of drug-likeness (QED) is 0.751. The van der Waals surface area contributed by atoms with E-state index >= 15 is 0 Å². The van der Waals surface area contributed by atoms with E-state index in [1.165, 1.54) is 18.3 Å². The molecule has 1 fully saturated rings. The topological polar surface area (TPSA) is 94.6 Å². The Morgan fingerprint density at radius 3 is 2.55 bits per heavy atom. The monoisotopic (exact) mass is 435 g/mol. The van der Waals surface area contributed by atoms with Crippen LogP contribution in [0.15, 0.2) is 23.6 Å². The van der Waals surface area contributed by atoms with Gasteiger partial charge in [0.1, 0.15) is 5.69 Å². The van der Waals surface area contributed by atoms with Crippen LogP contribution in [0.2, 0.25) is 5.02 Å². The molecule has 3 amide bonds. The Hall–Kier alpha value is -2.65. The van der Waals surface area contributed by atoms with Crippen LogP contribution in [0, 0.1) is 6.92 Å². The number of halogens is 1. The number of rotatable bonds is 5. The molecule has 0 saturated carbocycles. The minimum atomic E-state index is -0.409. The number of amides is 3. The molecule has 2 heterocycles. The molecule has 0 aliphatic carbocycles. The standard InChI is InChI=1S/C19H22ClN5O3S/c1-12-3-4-14(20)9-15(12)22-19-23-16(11-29-19)18(28)21-10-17(27)25-7-5-24(6-8-25)13(2)26/h3-4,9,11H,5-8,10H2,1-2H3,(H,21,28)(H,22,23). The van der Waals surface area contributed by atoms with Crippen molar-refractivity contribution < 1.29 is 14.4 Å². The van der Waals surface area contributed by atoms with Crippen molar-refractivity contribution in [3.05, 3.63) is 39.9 Å². The van der Waals surface area contributed by atoms with Gasteiger partial charge in [0.25, 0.3) is 5.91 Å². The Bertz CT molecular complexity index is 924. The van der Waals surface area contributed by atoms with Crippen molar-refractivity contribution in [1.29, 1.82) is 0 Å². The van der Waals surface area contributed by atoms with Gasteiger partial charge in [0.15, 0.2) is 5.13 Å². The number of nitrogens with one attached hydrogen (secondary N) is 2. The molecule has 0 spiro atoms. The van der Waals surface area contributed by atoms with Crippen molar-refractivity contribution in [2.75, 3.05) is 38.0 Å². The van der Waals surface area contributed by atoms with Crippen molar-refractivity contribution in [1.82, 2.24) is 20.1 Å². The molecular weight excluding hydrogens is 414 g/mol. The predicted octanol–water partition coefficient (Wildman–Crippen LogP) is 2.27. The zero-order valence-electron chi connectivity index (χ0n) is 16.2. The zero-order valence-corrected chi connectivity index (χ0v) is 17.8. The largest absolute Gasteiger partial charge is 0.342 e. The number of aromatic nitrogens is 1. The van der Waals surface area contributed by atoms with Crippen LogP contribution in [0.3, 0.4) is 0 Å². The molecule has 1 aliphatic rings. The summed E-state index contributed by atoms with van der Waals surface area (Å²) in [6.45, 7) is 5.32. The maximum Gasteiger partial charge on any atom is 0.271 e. The summed E-state index contributed by atoms with van der Waals surface area (Å²) in [7, 11) is 0. The average molecular weight is 436 g/mol. The smallest absolute Gasteiger partial charge is 0.271 e. The molecule has 2 N–H and O–H groups in total. The first-order valence-corrected chi connectivity index (χ1v) is 10.4. The third-order valence-corrected chi connectivity index (χ3v) is 5.65. The van der Waals surface area contributed by atoms with Gasteiger partial charge in [0.2, 0.25) is 11.8 Å². The molecule has 0 bridgehead atoms. The number of hydrogen-bond donors (Lipinski definition) is 2. The number of hydrogen-bond acceptors (Lipinski definition) is 6. The first-order valence-electron chi connectivity index (χ1n) is 9.13. The molecule has 0 atom stereocenters. The number of benzene rings is 1. The lowest BCUT2D eigenvalue weighted by Crippen LogP contribution is -2.52. The van der Waals surface area contributed by atoms with Crippen LogP contribution in [0.4, 0.5) is 10.8 Å². The molecule has 0 radical (unpaired) electrons. The van der Waals surface area contributed by atoms with E-state index in [-0.39, 0.29) is 24.1 Å². The highest BCUT2D eigenvalue weighted by Crippen LogP contribution is 2.26. The summed E-state index contributed by atoms with van der Waals surface area (Å²) >= 11 is 7.31. The normalized spacial score (nSPS) is 13.9. The second kappa shape index (κ2) is 9.23. The van der Waals surface area contributed by atoms with Gasteiger partial charge in [0.05, 0.1) is 6.54 Å². The number of nitrogens with zero attached hydrogens (tertiary/aromatic N) is 3. The van der Waals surface area contributed by atoms with Crippen molar-refractivity contribution in [2.24, 2.45) is 0 Å². The maximum atomic E-state index is 12.3. The van der Waals surface area contributed by atoms with Gasteiger partial charge in [-0.15, -0.1) is 11.3 Å². The van der Waals surface area contributed by atoms with Crippen LogP contribution in [0.1, 0.15) is 23.0 Å². The van der Waals surface area contributed by atoms with Gasteiger partial charge in [-0.05, 0) is 24.6 Å². The lowest BCUT2D eigenvalue weighted by Gasteiger charge is -2.34. The van der Waals surface area contributed by atoms with Crippen molar-refractivity contribution in [3.8, 4) is 0 Å². The highest BCUT2D eigenvalue weighted by atomic mass is 35.5. The SMILES string of the molecule is CC(=O)N1CCN(C(=O)CNC(=O)c2csc(Nc3cc(Cl)ccc3C)n2)CC1. The third kappa shape index (κ3) is 5.45. The summed E-state index contributed by atoms with van der Waals surface area (Å²) < 4.78 is 0. The first-order chi connectivity index (χ1) is 13.8. The van der Waals surface area contributed by atoms with E-state index in [2.05, 4.69) is 15.6 Å². The van der Waals surface area contributed by atoms with E-state index < -0.39 is 5.91 Å². The van der Waals surface area contributed by atoms with E-state index in [1.807, 2.05) is 13.0 Å². The van der Waals surface area contributed by atoms with Crippen molar-refractivity contribution >= 4 is 51.5 Å². The molecular formula is C19H22ClN5O3S. The van der Waals surface area contributed by atoms with E-state index in [9.17, 15) is 14.4 Å². The average Bonchev–Trinajstić information content (AvgIpc) is 3.17. The molecule has 29 heavy (non-hydrogen) atoms. The van der Waals surface area contributed by atoms with Gasteiger partial charge >= 0.3 is 0 Å². The van der Waals surface area contributed by atoms with Gasteiger partial charge in [-0.3, -0.25) is 14.4 Å². The van der Waals surface area contributed by atoms with Crippen molar-refractivity contribution in [2.45, 2.75) is 13.8 Å². The highest BCUT2D eigenvalue weighted by molar-refractivity contribution is 7.14. The summed E-state index contributed by atoms with van der Waals surface area (Å²) in [5.41, 5.74) is 2.07. The van der Waals surface area contributed by atoms with Crippen LogP contribution >= 0.6 is 22.9 Å². The number of carbonyl (C=O) groups is 3. The van der Waals surface area contributed by atoms with E-state index in [0.29, 0.717) is 36.3 Å². The van der Waals surface area contributed by atoms with Crippen LogP contribution in [0.25, 0.3) is 0 Å². The van der Waals surface area contributed by atoms with Gasteiger partial charge in [-0.2, -0.15) is 0 Å². The first kappa shape index (κ1) is 21.1. The van der Waals surface area contributed by atoms with Gasteiger partial charge in [-0.1, -0.05) is 17.7 Å². The third-order valence-electron chi connectivity index (χ3n) is 4.66. The minimum absolute atomic E-state index is 0.00585. The van der Waals surface area contributed by atoms with Gasteiger partial charge in [-0.25, -0.2) is 4.98 Å². The Morgan fingerprint density at radius 2 is 1.86 bits per heavy atom. The number of piperazine rings is 1. The van der Waals surface area contributed by atoms with Crippen molar-refractivity contribution in [3.63, 3.8) is 0 Å². The molecule has 154 valence electrons. The second-order valence-electron chi connectivity index (χ2n) is 6.69. The molecule has 8 nitrogen and oxygen atoms in total. The summed E-state index contributed by atoms with van der Waals surface area (Å²) in [4.78, 5) is 43.6. The number of anilines is 2. The van der Waals surface area contributed by atoms with E-state index in [1.54, 1.807) is 27.3 Å². The molecule has 1 aliphatic heterocycles. The van der Waals surface area contributed by atoms with E-state index in [0.717, 1.165) is 11.3 Å². The minimum Gasteiger partial charge on any atom is -0.342 e. The van der Waals surface area contributed by atoms with Gasteiger partial charge in [0, 0.05) is 49.2 Å². The summed E-state index contributed by atoms with van der Waals surface area (Å²) in [6, 6.07) is 5.50. The summed E-state index contributed by atoms with van der Waals surface area (Å²) in [5, 5.41) is 8.57. The lowest BCUT2D eigenvalue weighted by molar-refractivity contribution is -0.137. The fraction of sp³-hybridized carbons (Fsp3) is 0.368. The van der Waals surface area contributed by atoms with Crippen LogP contribution < -0.4 is 10.6 Å². The highest BCUT2D eigenvalue weighted by Gasteiger charge is 2.23. The van der Waals surface area contributed by atoms with Crippen LogP contribution in [-0.2, 0) is 9.59 Å².